The summed E-state index contributed by atoms with van der Waals surface area (Å²) >= 11 is 5.97. The Balaban J connectivity index is 1.93. The van der Waals surface area contributed by atoms with Gasteiger partial charge in [0.25, 0.3) is 0 Å². The number of nitrogens with one attached hydrogen (secondary N) is 1. The first-order chi connectivity index (χ1) is 12.1. The second kappa shape index (κ2) is 7.09. The molecule has 0 bridgehead atoms. The Bertz CT molecular complexity index is 672. The van der Waals surface area contributed by atoms with Crippen LogP contribution in [0.2, 0.25) is 5.02 Å². The first-order valence-corrected chi connectivity index (χ1v) is 9.21. The molecule has 26 heavy (non-hydrogen) atoms. The van der Waals surface area contributed by atoms with Gasteiger partial charge in [-0.1, -0.05) is 24.4 Å². The number of hydrogen-bond donors (Lipinski definition) is 2. The SMILES string of the molecule is CC1(C)CN(c2ccc(OC(F)(F)CO)c(Cl)c2F)[C@@H]2CCCC[C@H]2N1. The number of nitrogens with zero attached hydrogens (tertiary/aromatic N) is 1. The van der Waals surface area contributed by atoms with Gasteiger partial charge in [-0.15, -0.1) is 0 Å². The largest absolute Gasteiger partial charge is 0.429 e. The molecule has 0 spiro atoms. The van der Waals surface area contributed by atoms with Gasteiger partial charge in [0.2, 0.25) is 0 Å². The summed E-state index contributed by atoms with van der Waals surface area (Å²) in [5, 5.41) is 11.8. The number of halogens is 4. The van der Waals surface area contributed by atoms with Crippen molar-refractivity contribution in [2.45, 2.75) is 63.3 Å². The fourth-order valence-corrected chi connectivity index (χ4v) is 4.22. The molecule has 0 unspecified atom stereocenters. The van der Waals surface area contributed by atoms with Crippen LogP contribution in [0.15, 0.2) is 12.1 Å². The average Bonchev–Trinajstić information content (AvgIpc) is 2.57. The molecule has 1 aliphatic carbocycles. The quantitative estimate of drug-likeness (QED) is 0.814. The number of benzene rings is 1. The lowest BCUT2D eigenvalue weighted by Gasteiger charge is -2.52. The molecule has 2 aliphatic rings. The monoisotopic (exact) mass is 392 g/mol. The molecule has 1 saturated carbocycles. The van der Waals surface area contributed by atoms with Gasteiger partial charge in [-0.05, 0) is 38.8 Å². The lowest BCUT2D eigenvalue weighted by Crippen LogP contribution is -2.67. The molecule has 3 rings (SSSR count). The molecule has 2 fully saturated rings. The molecule has 1 heterocycles. The number of alkyl halides is 2. The smallest absolute Gasteiger partial charge is 0.421 e. The third-order valence-electron chi connectivity index (χ3n) is 5.05. The van der Waals surface area contributed by atoms with Gasteiger partial charge in [-0.25, -0.2) is 4.39 Å². The second-order valence-electron chi connectivity index (χ2n) is 7.72. The molecule has 2 atom stereocenters. The van der Waals surface area contributed by atoms with Crippen LogP contribution in [0.4, 0.5) is 18.9 Å². The molecule has 1 aromatic rings. The van der Waals surface area contributed by atoms with Crippen LogP contribution in [-0.4, -0.2) is 42.0 Å². The van der Waals surface area contributed by atoms with Crippen molar-refractivity contribution in [3.8, 4) is 5.75 Å². The normalized spacial score (nSPS) is 25.7. The van der Waals surface area contributed by atoms with E-state index in [0.717, 1.165) is 25.7 Å². The number of ether oxygens (including phenoxy) is 1. The fraction of sp³-hybridized carbons (Fsp3) is 0.667. The summed E-state index contributed by atoms with van der Waals surface area (Å²) < 4.78 is 45.8. The van der Waals surface area contributed by atoms with Crippen LogP contribution in [0, 0.1) is 5.82 Å². The van der Waals surface area contributed by atoms with Gasteiger partial charge >= 0.3 is 6.11 Å². The Hall–Kier alpha value is -1.18. The highest BCUT2D eigenvalue weighted by atomic mass is 35.5. The van der Waals surface area contributed by atoms with Gasteiger partial charge in [0.15, 0.2) is 5.82 Å². The van der Waals surface area contributed by atoms with Crippen molar-refractivity contribution in [2.24, 2.45) is 0 Å². The minimum Gasteiger partial charge on any atom is -0.429 e. The van der Waals surface area contributed by atoms with Gasteiger partial charge < -0.3 is 20.1 Å². The fourth-order valence-electron chi connectivity index (χ4n) is 4.02. The lowest BCUT2D eigenvalue weighted by molar-refractivity contribution is -0.200. The van der Waals surface area contributed by atoms with Crippen LogP contribution >= 0.6 is 11.6 Å². The second-order valence-corrected chi connectivity index (χ2v) is 8.10. The Morgan fingerprint density at radius 1 is 1.35 bits per heavy atom. The molecule has 1 saturated heterocycles. The van der Waals surface area contributed by atoms with Gasteiger partial charge in [0.1, 0.15) is 17.4 Å². The van der Waals surface area contributed by atoms with Crippen molar-refractivity contribution in [3.63, 3.8) is 0 Å². The summed E-state index contributed by atoms with van der Waals surface area (Å²) in [6.45, 7) is 3.18. The minimum absolute atomic E-state index is 0.132. The molecule has 1 aliphatic heterocycles. The molecular weight excluding hydrogens is 369 g/mol. The van der Waals surface area contributed by atoms with Crippen LogP contribution in [0.25, 0.3) is 0 Å². The van der Waals surface area contributed by atoms with E-state index in [-0.39, 0.29) is 17.6 Å². The number of hydrogen-bond acceptors (Lipinski definition) is 4. The van der Waals surface area contributed by atoms with Crippen molar-refractivity contribution in [1.29, 1.82) is 0 Å². The van der Waals surface area contributed by atoms with Crippen molar-refractivity contribution in [3.05, 3.63) is 23.0 Å². The highest BCUT2D eigenvalue weighted by molar-refractivity contribution is 6.32. The van der Waals surface area contributed by atoms with E-state index < -0.39 is 29.3 Å². The van der Waals surface area contributed by atoms with Crippen LogP contribution < -0.4 is 15.0 Å². The summed E-state index contributed by atoms with van der Waals surface area (Å²) in [5.41, 5.74) is 0.0809. The average molecular weight is 393 g/mol. The van der Waals surface area contributed by atoms with E-state index in [4.69, 9.17) is 16.7 Å². The van der Waals surface area contributed by atoms with Crippen LogP contribution in [0.5, 0.6) is 5.75 Å². The van der Waals surface area contributed by atoms with Crippen LogP contribution in [-0.2, 0) is 0 Å². The van der Waals surface area contributed by atoms with E-state index in [1.165, 1.54) is 12.1 Å². The van der Waals surface area contributed by atoms with Crippen LogP contribution in [0.1, 0.15) is 39.5 Å². The molecular formula is C18H24ClF3N2O2. The van der Waals surface area contributed by atoms with E-state index in [1.54, 1.807) is 0 Å². The predicted molar refractivity (Wildman–Crippen MR) is 94.7 cm³/mol. The van der Waals surface area contributed by atoms with Gasteiger partial charge in [0, 0.05) is 24.2 Å². The van der Waals surface area contributed by atoms with Crippen LogP contribution in [0.3, 0.4) is 0 Å². The summed E-state index contributed by atoms with van der Waals surface area (Å²) in [7, 11) is 0. The number of aliphatic hydroxyl groups is 1. The van der Waals surface area contributed by atoms with Crippen molar-refractivity contribution in [2.75, 3.05) is 18.1 Å². The molecule has 0 aromatic heterocycles. The van der Waals surface area contributed by atoms with Crippen molar-refractivity contribution in [1.82, 2.24) is 5.32 Å². The molecule has 0 amide bonds. The van der Waals surface area contributed by atoms with Gasteiger partial charge in [-0.3, -0.25) is 0 Å². The third-order valence-corrected chi connectivity index (χ3v) is 5.40. The standard InChI is InChI=1S/C18H24ClF3N2O2/c1-17(2)9-24(12-6-4-3-5-11(12)23-17)13-7-8-14(15(19)16(13)20)26-18(21,22)10-25/h7-8,11-12,23,25H,3-6,9-10H2,1-2H3/t11-,12-/m1/s1. The first-order valence-electron chi connectivity index (χ1n) is 8.83. The van der Waals surface area contributed by atoms with E-state index in [9.17, 15) is 13.2 Å². The van der Waals surface area contributed by atoms with Gasteiger partial charge in [0.05, 0.1) is 5.69 Å². The zero-order valence-corrected chi connectivity index (χ0v) is 15.6. The Morgan fingerprint density at radius 2 is 2.04 bits per heavy atom. The zero-order valence-electron chi connectivity index (χ0n) is 14.9. The number of rotatable bonds is 4. The molecule has 8 heteroatoms. The van der Waals surface area contributed by atoms with Crippen molar-refractivity contribution >= 4 is 17.3 Å². The van der Waals surface area contributed by atoms with Gasteiger partial charge in [-0.2, -0.15) is 8.78 Å². The summed E-state index contributed by atoms with van der Waals surface area (Å²) in [5.74, 6) is -1.26. The molecule has 2 N–H and O–H groups in total. The van der Waals surface area contributed by atoms with E-state index in [0.29, 0.717) is 12.2 Å². The molecule has 4 nitrogen and oxygen atoms in total. The van der Waals surface area contributed by atoms with E-state index >= 15 is 0 Å². The maximum absolute atomic E-state index is 15.0. The number of fused-ring (bicyclic) bond motifs is 1. The minimum atomic E-state index is -3.82. The van der Waals surface area contributed by atoms with Crippen molar-refractivity contribution < 1.29 is 23.0 Å². The Kier molecular flexibility index (Phi) is 5.34. The third kappa shape index (κ3) is 3.89. The number of aliphatic hydroxyl groups excluding tert-OH is 1. The molecule has 1 aromatic carbocycles. The summed E-state index contributed by atoms with van der Waals surface area (Å²) in [6.07, 6.45) is 0.335. The Labute approximate surface area is 156 Å². The summed E-state index contributed by atoms with van der Waals surface area (Å²) in [4.78, 5) is 2.00. The zero-order chi connectivity index (χ0) is 19.1. The molecule has 146 valence electrons. The highest BCUT2D eigenvalue weighted by Gasteiger charge is 2.41. The molecule has 0 radical (unpaired) electrons. The highest BCUT2D eigenvalue weighted by Crippen LogP contribution is 2.40. The number of piperazine rings is 1. The maximum Gasteiger partial charge on any atom is 0.421 e. The number of anilines is 1. The van der Waals surface area contributed by atoms with E-state index in [1.807, 2.05) is 4.90 Å². The summed E-state index contributed by atoms with van der Waals surface area (Å²) in [6, 6.07) is 3.04. The topological polar surface area (TPSA) is 44.7 Å². The van der Waals surface area contributed by atoms with E-state index in [2.05, 4.69) is 23.9 Å². The Morgan fingerprint density at radius 3 is 2.73 bits per heavy atom. The lowest BCUT2D eigenvalue weighted by atomic mass is 9.83. The maximum atomic E-state index is 15.0. The predicted octanol–water partition coefficient (Wildman–Crippen LogP) is 3.94. The first kappa shape index (κ1) is 19.6.